The second-order valence-corrected chi connectivity index (χ2v) is 6.34. The van der Waals surface area contributed by atoms with Gasteiger partial charge < -0.3 is 4.74 Å². The fourth-order valence-electron chi connectivity index (χ4n) is 1.71. The number of nitro groups is 1. The molecule has 1 heterocycles. The van der Waals surface area contributed by atoms with Crippen LogP contribution in [0.4, 0.5) is 5.69 Å². The normalized spacial score (nSPS) is 11.3. The molecule has 1 aromatic heterocycles. The number of pyridine rings is 1. The predicted octanol–water partition coefficient (Wildman–Crippen LogP) is 2.35. The topological polar surface area (TPSA) is 99.4 Å². The number of sulfone groups is 1. The van der Waals surface area contributed by atoms with E-state index in [1.54, 1.807) is 0 Å². The molecule has 0 aliphatic heterocycles. The quantitative estimate of drug-likeness (QED) is 0.415. The zero-order chi connectivity index (χ0) is 15.2. The van der Waals surface area contributed by atoms with Crippen molar-refractivity contribution in [3.8, 4) is 5.88 Å². The Labute approximate surface area is 118 Å². The van der Waals surface area contributed by atoms with Crippen molar-refractivity contribution in [1.82, 2.24) is 4.98 Å². The van der Waals surface area contributed by atoms with Crippen LogP contribution in [0.15, 0.2) is 17.2 Å². The average molecular weight is 302 g/mol. The van der Waals surface area contributed by atoms with Gasteiger partial charge in [-0.05, 0) is 6.42 Å². The Morgan fingerprint density at radius 2 is 2.00 bits per heavy atom. The molecule has 7 nitrogen and oxygen atoms in total. The third kappa shape index (κ3) is 4.16. The Hall–Kier alpha value is -1.70. The maximum Gasteiger partial charge on any atom is 0.306 e. The molecule has 0 aromatic carbocycles. The number of methoxy groups -OCH3 is 1. The molecule has 0 unspecified atom stereocenters. The molecule has 20 heavy (non-hydrogen) atoms. The average Bonchev–Trinajstić information content (AvgIpc) is 2.42. The molecule has 0 fully saturated rings. The van der Waals surface area contributed by atoms with Crippen LogP contribution < -0.4 is 4.74 Å². The van der Waals surface area contributed by atoms with Crippen LogP contribution in [0.2, 0.25) is 0 Å². The number of ether oxygens (including phenoxy) is 1. The van der Waals surface area contributed by atoms with Crippen LogP contribution in [0.3, 0.4) is 0 Å². The van der Waals surface area contributed by atoms with E-state index in [1.165, 1.54) is 13.2 Å². The Bertz CT molecular complexity index is 571. The fraction of sp³-hybridized carbons (Fsp3) is 0.583. The molecule has 0 radical (unpaired) electrons. The summed E-state index contributed by atoms with van der Waals surface area (Å²) in [7, 11) is -2.46. The van der Waals surface area contributed by atoms with Gasteiger partial charge in [0.25, 0.3) is 0 Å². The standard InChI is InChI=1S/C12H18N2O5S/c1-3-4-5-6-9-20(17,18)12-10(14(15)16)7-8-11(13-12)19-2/h7-8H,3-6,9H2,1-2H3. The maximum atomic E-state index is 12.2. The number of hydrogen-bond acceptors (Lipinski definition) is 6. The third-order valence-corrected chi connectivity index (χ3v) is 4.50. The molecule has 0 saturated carbocycles. The summed E-state index contributed by atoms with van der Waals surface area (Å²) < 4.78 is 29.2. The monoisotopic (exact) mass is 302 g/mol. The lowest BCUT2D eigenvalue weighted by atomic mass is 10.2. The Balaban J connectivity index is 3.05. The number of aromatic nitrogens is 1. The van der Waals surface area contributed by atoms with Gasteiger partial charge in [0, 0.05) is 12.1 Å². The van der Waals surface area contributed by atoms with E-state index in [1.807, 2.05) is 6.92 Å². The smallest absolute Gasteiger partial charge is 0.306 e. The van der Waals surface area contributed by atoms with Crippen LogP contribution in [-0.2, 0) is 9.84 Å². The van der Waals surface area contributed by atoms with Gasteiger partial charge in [0.05, 0.1) is 17.8 Å². The van der Waals surface area contributed by atoms with Crippen molar-refractivity contribution < 1.29 is 18.1 Å². The first-order valence-electron chi connectivity index (χ1n) is 6.34. The minimum atomic E-state index is -3.78. The van der Waals surface area contributed by atoms with E-state index in [-0.39, 0.29) is 11.6 Å². The lowest BCUT2D eigenvalue weighted by molar-refractivity contribution is -0.388. The van der Waals surface area contributed by atoms with E-state index >= 15 is 0 Å². The van der Waals surface area contributed by atoms with Gasteiger partial charge in [0.2, 0.25) is 20.7 Å². The minimum absolute atomic E-state index is 0.0442. The van der Waals surface area contributed by atoms with Gasteiger partial charge in [-0.3, -0.25) is 10.1 Å². The summed E-state index contributed by atoms with van der Waals surface area (Å²) in [5, 5.41) is 10.4. The van der Waals surface area contributed by atoms with Crippen molar-refractivity contribution in [2.75, 3.05) is 12.9 Å². The van der Waals surface area contributed by atoms with Crippen LogP contribution in [-0.4, -0.2) is 31.2 Å². The first-order valence-corrected chi connectivity index (χ1v) is 7.99. The summed E-state index contributed by atoms with van der Waals surface area (Å²) >= 11 is 0. The van der Waals surface area contributed by atoms with Gasteiger partial charge in [-0.1, -0.05) is 26.2 Å². The van der Waals surface area contributed by atoms with Gasteiger partial charge in [-0.2, -0.15) is 4.98 Å². The van der Waals surface area contributed by atoms with Crippen LogP contribution in [0.25, 0.3) is 0 Å². The van der Waals surface area contributed by atoms with Crippen LogP contribution in [0.1, 0.15) is 32.6 Å². The van der Waals surface area contributed by atoms with E-state index in [0.717, 1.165) is 25.3 Å². The molecule has 112 valence electrons. The van der Waals surface area contributed by atoms with Crippen LogP contribution in [0, 0.1) is 10.1 Å². The first kappa shape index (κ1) is 16.4. The summed E-state index contributed by atoms with van der Waals surface area (Å²) in [5.74, 6) is -0.101. The number of rotatable bonds is 8. The maximum absolute atomic E-state index is 12.2. The molecule has 0 aliphatic rings. The van der Waals surface area contributed by atoms with Crippen molar-refractivity contribution in [2.24, 2.45) is 0 Å². The molecule has 0 N–H and O–H groups in total. The second-order valence-electron chi connectivity index (χ2n) is 4.31. The summed E-state index contributed by atoms with van der Waals surface area (Å²) in [5.41, 5.74) is -0.513. The molecule has 0 aliphatic carbocycles. The van der Waals surface area contributed by atoms with Crippen molar-refractivity contribution in [2.45, 2.75) is 37.6 Å². The molecule has 0 spiro atoms. The highest BCUT2D eigenvalue weighted by Gasteiger charge is 2.28. The van der Waals surface area contributed by atoms with E-state index in [9.17, 15) is 18.5 Å². The Kier molecular flexibility index (Phi) is 5.87. The van der Waals surface area contributed by atoms with E-state index < -0.39 is 25.5 Å². The molecule has 0 amide bonds. The number of hydrogen-bond donors (Lipinski definition) is 0. The fourth-order valence-corrected chi connectivity index (χ4v) is 3.18. The molecular weight excluding hydrogens is 284 g/mol. The van der Waals surface area contributed by atoms with E-state index in [4.69, 9.17) is 4.74 Å². The lowest BCUT2D eigenvalue weighted by Crippen LogP contribution is -2.12. The molecule has 1 rings (SSSR count). The van der Waals surface area contributed by atoms with Gasteiger partial charge in [0.15, 0.2) is 0 Å². The molecule has 8 heteroatoms. The van der Waals surface area contributed by atoms with Crippen molar-refractivity contribution in [1.29, 1.82) is 0 Å². The van der Waals surface area contributed by atoms with Gasteiger partial charge in [0.1, 0.15) is 0 Å². The lowest BCUT2D eigenvalue weighted by Gasteiger charge is -2.06. The highest BCUT2D eigenvalue weighted by molar-refractivity contribution is 7.91. The molecular formula is C12H18N2O5S. The number of nitrogens with zero attached hydrogens (tertiary/aromatic N) is 2. The summed E-state index contributed by atoms with van der Waals surface area (Å²) in [6.07, 6.45) is 3.15. The zero-order valence-corrected chi connectivity index (χ0v) is 12.4. The Morgan fingerprint density at radius 3 is 2.55 bits per heavy atom. The van der Waals surface area contributed by atoms with Gasteiger partial charge in [-0.15, -0.1) is 0 Å². The summed E-state index contributed by atoms with van der Waals surface area (Å²) in [6, 6.07) is 2.37. The first-order chi connectivity index (χ1) is 9.42. The molecule has 0 saturated heterocycles. The predicted molar refractivity (Wildman–Crippen MR) is 73.6 cm³/mol. The third-order valence-electron chi connectivity index (χ3n) is 2.78. The molecule has 0 atom stereocenters. The molecule has 1 aromatic rings. The van der Waals surface area contributed by atoms with Crippen LogP contribution >= 0.6 is 0 Å². The SMILES string of the molecule is CCCCCCS(=O)(=O)c1nc(OC)ccc1[N+](=O)[O-]. The Morgan fingerprint density at radius 1 is 1.30 bits per heavy atom. The van der Waals surface area contributed by atoms with Crippen molar-refractivity contribution in [3.63, 3.8) is 0 Å². The summed E-state index contributed by atoms with van der Waals surface area (Å²) in [6.45, 7) is 2.02. The highest BCUT2D eigenvalue weighted by Crippen LogP contribution is 2.26. The van der Waals surface area contributed by atoms with Gasteiger partial charge in [-0.25, -0.2) is 8.42 Å². The van der Waals surface area contributed by atoms with Gasteiger partial charge >= 0.3 is 5.69 Å². The number of unbranched alkanes of at least 4 members (excludes halogenated alkanes) is 3. The van der Waals surface area contributed by atoms with E-state index in [0.29, 0.717) is 6.42 Å². The van der Waals surface area contributed by atoms with E-state index in [2.05, 4.69) is 4.98 Å². The molecule has 0 bridgehead atoms. The highest BCUT2D eigenvalue weighted by atomic mass is 32.2. The summed E-state index contributed by atoms with van der Waals surface area (Å²) in [4.78, 5) is 13.9. The van der Waals surface area contributed by atoms with Crippen molar-refractivity contribution in [3.05, 3.63) is 22.2 Å². The second kappa shape index (κ2) is 7.18. The van der Waals surface area contributed by atoms with Crippen molar-refractivity contribution >= 4 is 15.5 Å². The zero-order valence-electron chi connectivity index (χ0n) is 11.5. The minimum Gasteiger partial charge on any atom is -0.481 e. The van der Waals surface area contributed by atoms with Crippen LogP contribution in [0.5, 0.6) is 5.88 Å². The largest absolute Gasteiger partial charge is 0.481 e.